The molecular formula is C12H22N2O3S. The summed E-state index contributed by atoms with van der Waals surface area (Å²) in [6, 6.07) is 0. The zero-order valence-corrected chi connectivity index (χ0v) is 11.9. The highest BCUT2D eigenvalue weighted by Crippen LogP contribution is 2.48. The highest BCUT2D eigenvalue weighted by atomic mass is 32.2. The van der Waals surface area contributed by atoms with Crippen LogP contribution >= 0.6 is 0 Å². The SMILES string of the molecule is CCN1C[C@H](S(=O)(=O)NCC2(CC)CC2)CC1=O. The lowest BCUT2D eigenvalue weighted by molar-refractivity contribution is -0.127. The molecule has 1 saturated heterocycles. The Kier molecular flexibility index (Phi) is 3.69. The topological polar surface area (TPSA) is 66.5 Å². The van der Waals surface area contributed by atoms with Gasteiger partial charge in [-0.3, -0.25) is 4.79 Å². The summed E-state index contributed by atoms with van der Waals surface area (Å²) in [5.41, 5.74) is 0.195. The summed E-state index contributed by atoms with van der Waals surface area (Å²) in [6.45, 7) is 5.42. The molecule has 1 amide bonds. The molecule has 5 nitrogen and oxygen atoms in total. The van der Waals surface area contributed by atoms with Gasteiger partial charge in [0.05, 0.1) is 0 Å². The minimum atomic E-state index is -3.35. The third-order valence-corrected chi connectivity index (χ3v) is 6.10. The summed E-state index contributed by atoms with van der Waals surface area (Å²) in [5, 5.41) is -0.572. The number of likely N-dealkylation sites (tertiary alicyclic amines) is 1. The Labute approximate surface area is 109 Å². The highest BCUT2D eigenvalue weighted by molar-refractivity contribution is 7.90. The molecule has 1 aliphatic carbocycles. The summed E-state index contributed by atoms with van der Waals surface area (Å²) >= 11 is 0. The maximum Gasteiger partial charge on any atom is 0.224 e. The van der Waals surface area contributed by atoms with Gasteiger partial charge in [-0.1, -0.05) is 6.92 Å². The van der Waals surface area contributed by atoms with Crippen LogP contribution in [0, 0.1) is 5.41 Å². The van der Waals surface area contributed by atoms with Crippen LogP contribution < -0.4 is 4.72 Å². The summed E-state index contributed by atoms with van der Waals surface area (Å²) < 4.78 is 27.0. The number of rotatable bonds is 6. The van der Waals surface area contributed by atoms with Crippen molar-refractivity contribution in [1.29, 1.82) is 0 Å². The van der Waals surface area contributed by atoms with Crippen molar-refractivity contribution in [2.45, 2.75) is 44.8 Å². The molecule has 2 rings (SSSR count). The van der Waals surface area contributed by atoms with E-state index >= 15 is 0 Å². The van der Waals surface area contributed by atoms with Gasteiger partial charge in [-0.15, -0.1) is 0 Å². The van der Waals surface area contributed by atoms with Crippen molar-refractivity contribution >= 4 is 15.9 Å². The first-order valence-electron chi connectivity index (χ1n) is 6.69. The van der Waals surface area contributed by atoms with E-state index in [4.69, 9.17) is 0 Å². The Balaban J connectivity index is 1.93. The fourth-order valence-electron chi connectivity index (χ4n) is 2.45. The molecule has 0 aromatic rings. The number of carbonyl (C=O) groups excluding carboxylic acids is 1. The molecule has 1 heterocycles. The zero-order chi connectivity index (χ0) is 13.4. The van der Waals surface area contributed by atoms with E-state index in [-0.39, 0.29) is 17.7 Å². The molecular weight excluding hydrogens is 252 g/mol. The van der Waals surface area contributed by atoms with Gasteiger partial charge in [-0.05, 0) is 31.6 Å². The molecule has 104 valence electrons. The van der Waals surface area contributed by atoms with E-state index < -0.39 is 15.3 Å². The predicted octanol–water partition coefficient (Wildman–Crippen LogP) is 0.717. The van der Waals surface area contributed by atoms with Gasteiger partial charge in [0, 0.05) is 26.1 Å². The van der Waals surface area contributed by atoms with Crippen LogP contribution in [-0.2, 0) is 14.8 Å². The van der Waals surface area contributed by atoms with Gasteiger partial charge in [-0.2, -0.15) is 0 Å². The number of hydrogen-bond donors (Lipinski definition) is 1. The van der Waals surface area contributed by atoms with Crippen molar-refractivity contribution in [2.75, 3.05) is 19.6 Å². The van der Waals surface area contributed by atoms with Gasteiger partial charge in [0.2, 0.25) is 15.9 Å². The van der Waals surface area contributed by atoms with Crippen LogP contribution in [0.3, 0.4) is 0 Å². The first-order chi connectivity index (χ1) is 8.42. The fourth-order valence-corrected chi connectivity index (χ4v) is 3.93. The molecule has 0 aromatic carbocycles. The third-order valence-electron chi connectivity index (χ3n) is 4.36. The quantitative estimate of drug-likeness (QED) is 0.776. The van der Waals surface area contributed by atoms with E-state index in [0.717, 1.165) is 19.3 Å². The van der Waals surface area contributed by atoms with Crippen LogP contribution in [0.15, 0.2) is 0 Å². The van der Waals surface area contributed by atoms with Crippen LogP contribution in [0.25, 0.3) is 0 Å². The van der Waals surface area contributed by atoms with Crippen molar-refractivity contribution in [2.24, 2.45) is 5.41 Å². The molecule has 0 spiro atoms. The second kappa shape index (κ2) is 4.81. The number of nitrogens with zero attached hydrogens (tertiary/aromatic N) is 1. The van der Waals surface area contributed by atoms with Gasteiger partial charge >= 0.3 is 0 Å². The predicted molar refractivity (Wildman–Crippen MR) is 69.5 cm³/mol. The monoisotopic (exact) mass is 274 g/mol. The smallest absolute Gasteiger partial charge is 0.224 e. The van der Waals surface area contributed by atoms with Gasteiger partial charge < -0.3 is 4.90 Å². The van der Waals surface area contributed by atoms with E-state index in [0.29, 0.717) is 19.6 Å². The summed E-state index contributed by atoms with van der Waals surface area (Å²) in [4.78, 5) is 13.2. The second-order valence-corrected chi connectivity index (χ2v) is 7.52. The largest absolute Gasteiger partial charge is 0.342 e. The average molecular weight is 274 g/mol. The number of sulfonamides is 1. The van der Waals surface area contributed by atoms with Crippen LogP contribution in [0.2, 0.25) is 0 Å². The van der Waals surface area contributed by atoms with Crippen molar-refractivity contribution < 1.29 is 13.2 Å². The average Bonchev–Trinajstić information content (AvgIpc) is 3.03. The molecule has 2 aliphatic rings. The molecule has 1 atom stereocenters. The second-order valence-electron chi connectivity index (χ2n) is 5.48. The van der Waals surface area contributed by atoms with E-state index in [9.17, 15) is 13.2 Å². The Bertz CT molecular complexity index is 429. The Morgan fingerprint density at radius 1 is 1.39 bits per heavy atom. The zero-order valence-electron chi connectivity index (χ0n) is 11.1. The molecule has 0 aromatic heterocycles. The molecule has 0 bridgehead atoms. The minimum Gasteiger partial charge on any atom is -0.342 e. The number of nitrogens with one attached hydrogen (secondary N) is 1. The normalized spacial score (nSPS) is 26.7. The molecule has 6 heteroatoms. The number of carbonyl (C=O) groups is 1. The van der Waals surface area contributed by atoms with E-state index in [2.05, 4.69) is 11.6 Å². The molecule has 1 saturated carbocycles. The van der Waals surface area contributed by atoms with Gasteiger partial charge in [0.25, 0.3) is 0 Å². The molecule has 2 fully saturated rings. The van der Waals surface area contributed by atoms with E-state index in [1.807, 2.05) is 6.92 Å². The molecule has 0 radical (unpaired) electrons. The summed E-state index contributed by atoms with van der Waals surface area (Å²) in [5.74, 6) is -0.0514. The fraction of sp³-hybridized carbons (Fsp3) is 0.917. The van der Waals surface area contributed by atoms with Crippen molar-refractivity contribution in [1.82, 2.24) is 9.62 Å². The van der Waals surface area contributed by atoms with Gasteiger partial charge in [-0.25, -0.2) is 13.1 Å². The first kappa shape index (κ1) is 13.8. The lowest BCUT2D eigenvalue weighted by Crippen LogP contribution is -2.39. The molecule has 1 N–H and O–H groups in total. The molecule has 18 heavy (non-hydrogen) atoms. The van der Waals surface area contributed by atoms with Crippen molar-refractivity contribution in [3.05, 3.63) is 0 Å². The third kappa shape index (κ3) is 2.69. The number of hydrogen-bond acceptors (Lipinski definition) is 3. The van der Waals surface area contributed by atoms with Crippen molar-refractivity contribution in [3.63, 3.8) is 0 Å². The molecule has 0 unspecified atom stereocenters. The van der Waals surface area contributed by atoms with E-state index in [1.54, 1.807) is 4.90 Å². The van der Waals surface area contributed by atoms with Gasteiger partial charge in [0.15, 0.2) is 0 Å². The van der Waals surface area contributed by atoms with Crippen LogP contribution in [0.5, 0.6) is 0 Å². The highest BCUT2D eigenvalue weighted by Gasteiger charge is 2.43. The lowest BCUT2D eigenvalue weighted by atomic mass is 10.1. The van der Waals surface area contributed by atoms with E-state index in [1.165, 1.54) is 0 Å². The van der Waals surface area contributed by atoms with Crippen LogP contribution in [0.4, 0.5) is 0 Å². The van der Waals surface area contributed by atoms with Crippen LogP contribution in [0.1, 0.15) is 39.5 Å². The van der Waals surface area contributed by atoms with Gasteiger partial charge in [0.1, 0.15) is 5.25 Å². The Morgan fingerprint density at radius 2 is 2.06 bits per heavy atom. The summed E-state index contributed by atoms with van der Waals surface area (Å²) in [7, 11) is -3.35. The number of amides is 1. The molecule has 1 aliphatic heterocycles. The lowest BCUT2D eigenvalue weighted by Gasteiger charge is -2.17. The minimum absolute atomic E-state index is 0.0514. The maximum absolute atomic E-state index is 12.1. The standard InChI is InChI=1S/C12H22N2O3S/c1-3-12(5-6-12)9-13-18(16,17)10-7-11(15)14(4-2)8-10/h10,13H,3-9H2,1-2H3/t10-/m1/s1. The first-order valence-corrected chi connectivity index (χ1v) is 8.23. The van der Waals surface area contributed by atoms with Crippen molar-refractivity contribution in [3.8, 4) is 0 Å². The Hall–Kier alpha value is -0.620. The summed E-state index contributed by atoms with van der Waals surface area (Å²) in [6.07, 6.45) is 3.36. The maximum atomic E-state index is 12.1. The van der Waals surface area contributed by atoms with Crippen LogP contribution in [-0.4, -0.2) is 44.1 Å². The Morgan fingerprint density at radius 3 is 2.50 bits per heavy atom.